The Labute approximate surface area is 189 Å². The number of benzene rings is 1. The number of aromatic nitrogens is 2. The first-order valence-corrected chi connectivity index (χ1v) is 11.1. The average molecular weight is 435 g/mol. The maximum absolute atomic E-state index is 9.72. The molecular formula is C25H30N4OS. The molecule has 0 bridgehead atoms. The van der Waals surface area contributed by atoms with Gasteiger partial charge in [0, 0.05) is 24.1 Å². The fourth-order valence-corrected chi connectivity index (χ4v) is 5.38. The van der Waals surface area contributed by atoms with E-state index in [2.05, 4.69) is 72.6 Å². The lowest BCUT2D eigenvalue weighted by atomic mass is 9.96. The van der Waals surface area contributed by atoms with Crippen LogP contribution in [0.2, 0.25) is 0 Å². The van der Waals surface area contributed by atoms with Crippen LogP contribution in [0.25, 0.3) is 5.69 Å². The molecule has 4 rings (SSSR count). The van der Waals surface area contributed by atoms with E-state index in [-0.39, 0.29) is 18.7 Å². The van der Waals surface area contributed by atoms with E-state index in [4.69, 9.17) is 12.2 Å². The SMILES string of the molecule is Cc1cc(C)c(-n2c(C)cc([C@@H]3[C@@H](c4ccccn4)NC(=S)N3CCO)c2C)c(C)c1. The van der Waals surface area contributed by atoms with Crippen LogP contribution in [0.5, 0.6) is 0 Å². The van der Waals surface area contributed by atoms with Crippen LogP contribution in [0.15, 0.2) is 42.6 Å². The number of hydrogen-bond acceptors (Lipinski definition) is 3. The van der Waals surface area contributed by atoms with Crippen molar-refractivity contribution >= 4 is 17.3 Å². The Kier molecular flexibility index (Phi) is 5.86. The molecule has 1 fully saturated rings. The number of nitrogens with one attached hydrogen (secondary N) is 1. The van der Waals surface area contributed by atoms with Gasteiger partial charge in [0.05, 0.1) is 30.1 Å². The summed E-state index contributed by atoms with van der Waals surface area (Å²) in [4.78, 5) is 6.70. The number of aryl methyl sites for hydroxylation is 4. The molecular weight excluding hydrogens is 404 g/mol. The fraction of sp³-hybridized carbons (Fsp3) is 0.360. The van der Waals surface area contributed by atoms with Crippen LogP contribution in [0.1, 0.15) is 51.4 Å². The second-order valence-electron chi connectivity index (χ2n) is 8.45. The summed E-state index contributed by atoms with van der Waals surface area (Å²) in [6, 6.07) is 12.6. The smallest absolute Gasteiger partial charge is 0.170 e. The van der Waals surface area contributed by atoms with Crippen molar-refractivity contribution in [1.82, 2.24) is 19.8 Å². The molecule has 6 heteroatoms. The van der Waals surface area contributed by atoms with Gasteiger partial charge in [0.1, 0.15) is 0 Å². The fourth-order valence-electron chi connectivity index (χ4n) is 5.05. The van der Waals surface area contributed by atoms with Crippen molar-refractivity contribution in [2.24, 2.45) is 0 Å². The summed E-state index contributed by atoms with van der Waals surface area (Å²) in [5.41, 5.74) is 9.56. The van der Waals surface area contributed by atoms with Gasteiger partial charge in [-0.15, -0.1) is 0 Å². The van der Waals surface area contributed by atoms with Gasteiger partial charge in [-0.05, 0) is 81.7 Å². The Morgan fingerprint density at radius 1 is 1.06 bits per heavy atom. The molecule has 1 aromatic carbocycles. The first-order valence-electron chi connectivity index (χ1n) is 10.7. The molecule has 1 saturated heterocycles. The third kappa shape index (κ3) is 3.75. The quantitative estimate of drug-likeness (QED) is 0.584. The summed E-state index contributed by atoms with van der Waals surface area (Å²) in [5.74, 6) is 0. The van der Waals surface area contributed by atoms with Crippen LogP contribution in [0.4, 0.5) is 0 Å². The summed E-state index contributed by atoms with van der Waals surface area (Å²) in [6.45, 7) is 11.3. The number of rotatable bonds is 5. The normalized spacial score (nSPS) is 18.5. The van der Waals surface area contributed by atoms with E-state index < -0.39 is 0 Å². The van der Waals surface area contributed by atoms with Crippen molar-refractivity contribution in [3.8, 4) is 5.69 Å². The number of nitrogens with zero attached hydrogens (tertiary/aromatic N) is 3. The lowest BCUT2D eigenvalue weighted by molar-refractivity contribution is 0.223. The highest BCUT2D eigenvalue weighted by molar-refractivity contribution is 7.80. The predicted molar refractivity (Wildman–Crippen MR) is 129 cm³/mol. The number of hydrogen-bond donors (Lipinski definition) is 2. The monoisotopic (exact) mass is 434 g/mol. The second-order valence-corrected chi connectivity index (χ2v) is 8.84. The summed E-state index contributed by atoms with van der Waals surface area (Å²) < 4.78 is 2.35. The van der Waals surface area contributed by atoms with E-state index in [0.717, 1.165) is 5.69 Å². The van der Waals surface area contributed by atoms with Gasteiger partial charge in [-0.2, -0.15) is 0 Å². The molecule has 2 aromatic heterocycles. The zero-order valence-electron chi connectivity index (χ0n) is 18.8. The topological polar surface area (TPSA) is 53.3 Å². The molecule has 2 N–H and O–H groups in total. The van der Waals surface area contributed by atoms with Crippen LogP contribution in [-0.4, -0.2) is 37.8 Å². The summed E-state index contributed by atoms with van der Waals surface area (Å²) >= 11 is 5.66. The molecule has 3 aromatic rings. The molecule has 162 valence electrons. The molecule has 0 radical (unpaired) electrons. The summed E-state index contributed by atoms with van der Waals surface area (Å²) in [7, 11) is 0. The summed E-state index contributed by atoms with van der Waals surface area (Å²) in [5, 5.41) is 13.8. The van der Waals surface area contributed by atoms with Gasteiger partial charge in [-0.25, -0.2) is 0 Å². The largest absolute Gasteiger partial charge is 0.395 e. The molecule has 0 spiro atoms. The van der Waals surface area contributed by atoms with E-state index in [1.807, 2.05) is 24.4 Å². The molecule has 2 atom stereocenters. The van der Waals surface area contributed by atoms with Crippen LogP contribution >= 0.6 is 12.2 Å². The van der Waals surface area contributed by atoms with E-state index in [9.17, 15) is 5.11 Å². The molecule has 0 aliphatic carbocycles. The average Bonchev–Trinajstić information content (AvgIpc) is 3.19. The van der Waals surface area contributed by atoms with Gasteiger partial charge < -0.3 is 19.9 Å². The Hall–Kier alpha value is -2.70. The van der Waals surface area contributed by atoms with Crippen molar-refractivity contribution in [1.29, 1.82) is 0 Å². The predicted octanol–water partition coefficient (Wildman–Crippen LogP) is 4.38. The van der Waals surface area contributed by atoms with Crippen molar-refractivity contribution in [2.45, 2.75) is 46.7 Å². The molecule has 0 saturated carbocycles. The number of thiocarbonyl (C=S) groups is 1. The minimum atomic E-state index is -0.0746. The summed E-state index contributed by atoms with van der Waals surface area (Å²) in [6.07, 6.45) is 1.81. The lowest BCUT2D eigenvalue weighted by Crippen LogP contribution is -2.32. The lowest BCUT2D eigenvalue weighted by Gasteiger charge is -2.27. The molecule has 0 unspecified atom stereocenters. The third-order valence-corrected chi connectivity index (χ3v) is 6.54. The van der Waals surface area contributed by atoms with Gasteiger partial charge in [0.25, 0.3) is 0 Å². The highest BCUT2D eigenvalue weighted by Gasteiger charge is 2.41. The molecule has 3 heterocycles. The highest BCUT2D eigenvalue weighted by Crippen LogP contribution is 2.41. The van der Waals surface area contributed by atoms with Gasteiger partial charge >= 0.3 is 0 Å². The molecule has 5 nitrogen and oxygen atoms in total. The van der Waals surface area contributed by atoms with Crippen molar-refractivity contribution < 1.29 is 5.11 Å². The van der Waals surface area contributed by atoms with Crippen LogP contribution in [-0.2, 0) is 0 Å². The number of pyridine rings is 1. The molecule has 0 amide bonds. The van der Waals surface area contributed by atoms with E-state index in [1.54, 1.807) is 0 Å². The van der Waals surface area contributed by atoms with Crippen LogP contribution in [0, 0.1) is 34.6 Å². The first kappa shape index (κ1) is 21.5. The van der Waals surface area contributed by atoms with E-state index in [1.165, 1.54) is 39.3 Å². The van der Waals surface area contributed by atoms with Gasteiger partial charge in [-0.1, -0.05) is 23.8 Å². The Bertz CT molecular complexity index is 1100. The van der Waals surface area contributed by atoms with E-state index >= 15 is 0 Å². The zero-order chi connectivity index (χ0) is 22.3. The van der Waals surface area contributed by atoms with Crippen LogP contribution < -0.4 is 5.32 Å². The zero-order valence-corrected chi connectivity index (χ0v) is 19.6. The van der Waals surface area contributed by atoms with Gasteiger partial charge in [0.15, 0.2) is 5.11 Å². The number of β-amino-alcohol motifs (C(OH)–C–C–N with tert-alkyl or cyclic N) is 1. The highest BCUT2D eigenvalue weighted by atomic mass is 32.1. The molecule has 31 heavy (non-hydrogen) atoms. The van der Waals surface area contributed by atoms with Crippen molar-refractivity contribution in [2.75, 3.05) is 13.2 Å². The Morgan fingerprint density at radius 3 is 2.39 bits per heavy atom. The minimum Gasteiger partial charge on any atom is -0.395 e. The van der Waals surface area contributed by atoms with Gasteiger partial charge in [-0.3, -0.25) is 4.98 Å². The third-order valence-electron chi connectivity index (χ3n) is 6.19. The number of aliphatic hydroxyl groups excluding tert-OH is 1. The Morgan fingerprint density at radius 2 is 1.77 bits per heavy atom. The van der Waals surface area contributed by atoms with Crippen LogP contribution in [0.3, 0.4) is 0 Å². The standard InChI is InChI=1S/C25H30N4OS/c1-15-12-16(2)23(17(3)13-15)29-18(4)14-20(19(29)5)24-22(21-8-6-7-9-26-21)27-25(31)28(24)10-11-30/h6-9,12-14,22,24,30H,10-11H2,1-5H3,(H,27,31)/t22-,24-/m1/s1. The molecule has 1 aliphatic rings. The first-order chi connectivity index (χ1) is 14.8. The van der Waals surface area contributed by atoms with Crippen molar-refractivity contribution in [3.63, 3.8) is 0 Å². The van der Waals surface area contributed by atoms with Gasteiger partial charge in [0.2, 0.25) is 0 Å². The minimum absolute atomic E-state index is 0.0411. The Balaban J connectivity index is 1.88. The van der Waals surface area contributed by atoms with Crippen molar-refractivity contribution in [3.05, 3.63) is 81.9 Å². The van der Waals surface area contributed by atoms with E-state index in [0.29, 0.717) is 11.7 Å². The molecule has 1 aliphatic heterocycles. The number of aliphatic hydroxyl groups is 1. The maximum atomic E-state index is 9.72. The maximum Gasteiger partial charge on any atom is 0.170 e. The second kappa shape index (κ2) is 8.44.